The van der Waals surface area contributed by atoms with Gasteiger partial charge >= 0.3 is 0 Å². The van der Waals surface area contributed by atoms with Gasteiger partial charge in [0.2, 0.25) is 0 Å². The first-order valence-corrected chi connectivity index (χ1v) is 26.0. The Morgan fingerprint density at radius 2 is 1.00 bits per heavy atom. The van der Waals surface area contributed by atoms with E-state index in [2.05, 4.69) is 147 Å². The van der Waals surface area contributed by atoms with Crippen molar-refractivity contribution in [1.29, 1.82) is 0 Å². The number of rotatable bonds is 10. The van der Waals surface area contributed by atoms with Crippen molar-refractivity contribution in [2.45, 2.75) is 73.3 Å². The highest BCUT2D eigenvalue weighted by Gasteiger charge is 2.57. The Bertz CT molecular complexity index is 3570. The van der Waals surface area contributed by atoms with Crippen LogP contribution in [0.15, 0.2) is 231 Å². The Morgan fingerprint density at radius 1 is 0.479 bits per heavy atom. The molecule has 358 valence electrons. The highest BCUT2D eigenvalue weighted by Crippen LogP contribution is 2.59. The zero-order valence-corrected chi connectivity index (χ0v) is 41.2. The van der Waals surface area contributed by atoms with Gasteiger partial charge in [0.15, 0.2) is 0 Å². The van der Waals surface area contributed by atoms with E-state index >= 15 is 0 Å². The summed E-state index contributed by atoms with van der Waals surface area (Å²) in [5, 5.41) is 54.5. The van der Waals surface area contributed by atoms with Gasteiger partial charge in [-0.1, -0.05) is 232 Å². The molecule has 0 saturated heterocycles. The molecule has 4 heteroatoms. The van der Waals surface area contributed by atoms with Crippen LogP contribution in [0.3, 0.4) is 0 Å². The number of fused-ring (bicyclic) bond motifs is 9. The summed E-state index contributed by atoms with van der Waals surface area (Å²) >= 11 is 0. The molecule has 13 rings (SSSR count). The van der Waals surface area contributed by atoms with E-state index in [9.17, 15) is 20.4 Å². The third-order valence-electron chi connectivity index (χ3n) is 17.6. The molecule has 5 unspecified atom stereocenters. The Balaban J connectivity index is 1.00. The highest BCUT2D eigenvalue weighted by molar-refractivity contribution is 5.84. The maximum absolute atomic E-state index is 13.8. The Labute approximate surface area is 428 Å². The van der Waals surface area contributed by atoms with Crippen molar-refractivity contribution in [3.05, 3.63) is 308 Å². The van der Waals surface area contributed by atoms with E-state index in [1.165, 1.54) is 0 Å². The van der Waals surface area contributed by atoms with Gasteiger partial charge in [0.05, 0.1) is 0 Å². The Hall–Kier alpha value is -7.44. The van der Waals surface area contributed by atoms with Gasteiger partial charge in [-0.25, -0.2) is 0 Å². The molecular weight excluding hydrogens is 893 g/mol. The second-order valence-electron chi connectivity index (χ2n) is 21.1. The third kappa shape index (κ3) is 6.41. The fourth-order valence-electron chi connectivity index (χ4n) is 14.0. The van der Waals surface area contributed by atoms with Crippen molar-refractivity contribution >= 4 is 0 Å². The summed E-state index contributed by atoms with van der Waals surface area (Å²) in [5.41, 5.74) is 9.49. The summed E-state index contributed by atoms with van der Waals surface area (Å²) in [7, 11) is 0. The molecule has 0 aromatic heterocycles. The van der Waals surface area contributed by atoms with Gasteiger partial charge in [0.1, 0.15) is 22.4 Å². The lowest BCUT2D eigenvalue weighted by atomic mass is 9.68. The second kappa shape index (κ2) is 16.8. The summed E-state index contributed by atoms with van der Waals surface area (Å²) in [5.74, 6) is -0.195. The summed E-state index contributed by atoms with van der Waals surface area (Å²) in [6, 6.07) is 61.5. The fourth-order valence-corrected chi connectivity index (χ4v) is 14.0. The molecule has 0 fully saturated rings. The van der Waals surface area contributed by atoms with E-state index in [0.717, 1.165) is 95.4 Å². The van der Waals surface area contributed by atoms with Crippen LogP contribution in [-0.2, 0) is 40.7 Å². The molecule has 0 bridgehead atoms. The molecule has 5 aliphatic carbocycles. The monoisotopic (exact) mass is 950 g/mol. The highest BCUT2D eigenvalue weighted by atomic mass is 16.3. The molecule has 0 saturated carbocycles. The largest absolute Gasteiger partial charge is 0.380 e. The van der Waals surface area contributed by atoms with Crippen LogP contribution in [0.4, 0.5) is 0 Å². The first-order chi connectivity index (χ1) is 35.5. The average molecular weight is 951 g/mol. The lowest BCUT2D eigenvalue weighted by molar-refractivity contribution is 0.0314. The van der Waals surface area contributed by atoms with Gasteiger partial charge < -0.3 is 20.4 Å². The van der Waals surface area contributed by atoms with Crippen LogP contribution in [0, 0.1) is 5.92 Å². The molecule has 5 aliphatic rings. The zero-order chi connectivity index (χ0) is 49.7. The summed E-state index contributed by atoms with van der Waals surface area (Å²) < 4.78 is 0. The lowest BCUT2D eigenvalue weighted by Crippen LogP contribution is -2.39. The minimum atomic E-state index is -1.56. The van der Waals surface area contributed by atoms with Crippen LogP contribution in [0.25, 0.3) is 22.3 Å². The van der Waals surface area contributed by atoms with Crippen molar-refractivity contribution in [3.8, 4) is 22.3 Å². The molecule has 0 aliphatic heterocycles. The van der Waals surface area contributed by atoms with Gasteiger partial charge in [-0.3, -0.25) is 0 Å². The van der Waals surface area contributed by atoms with Crippen molar-refractivity contribution in [2.24, 2.45) is 5.92 Å². The number of allylic oxidation sites excluding steroid dienone is 7. The third-order valence-corrected chi connectivity index (χ3v) is 17.6. The molecule has 0 radical (unpaired) electrons. The summed E-state index contributed by atoms with van der Waals surface area (Å²) in [4.78, 5) is 0. The van der Waals surface area contributed by atoms with Crippen LogP contribution in [0.2, 0.25) is 0 Å². The van der Waals surface area contributed by atoms with Crippen molar-refractivity contribution in [2.75, 3.05) is 0 Å². The number of aryl methyl sites for hydroxylation is 2. The molecule has 8 aromatic rings. The zero-order valence-electron chi connectivity index (χ0n) is 41.2. The molecule has 4 N–H and O–H groups in total. The molecule has 4 nitrogen and oxygen atoms in total. The van der Waals surface area contributed by atoms with Crippen molar-refractivity contribution < 1.29 is 20.4 Å². The molecule has 0 spiro atoms. The van der Waals surface area contributed by atoms with Crippen LogP contribution in [0.5, 0.6) is 0 Å². The van der Waals surface area contributed by atoms with Crippen LogP contribution >= 0.6 is 0 Å². The molecule has 73 heavy (non-hydrogen) atoms. The van der Waals surface area contributed by atoms with E-state index in [1.54, 1.807) is 0 Å². The number of hydrogen-bond acceptors (Lipinski definition) is 4. The van der Waals surface area contributed by atoms with Crippen molar-refractivity contribution in [1.82, 2.24) is 0 Å². The average Bonchev–Trinajstić information content (AvgIpc) is 3.97. The maximum Gasteiger partial charge on any atom is 0.142 e. The van der Waals surface area contributed by atoms with Gasteiger partial charge in [0, 0.05) is 39.5 Å². The number of benzene rings is 8. The number of aliphatic hydroxyl groups is 4. The number of hydrogen-bond donors (Lipinski definition) is 4. The SMILES string of the molecule is CCC(O)(c1cc(C2(O)c3ccccc3C3(C)C=CC=CC32)ccc1CCc1ccc(C2(O)c3ccccc3-c3ccccc32)cc1C1(O)c2ccccc2-c2ccccc21)c1ccccc1C1C=CC=CC1. The van der Waals surface area contributed by atoms with Crippen molar-refractivity contribution in [3.63, 3.8) is 0 Å². The van der Waals surface area contributed by atoms with Gasteiger partial charge in [-0.05, 0) is 116 Å². The van der Waals surface area contributed by atoms with Gasteiger partial charge in [0.25, 0.3) is 0 Å². The predicted molar refractivity (Wildman–Crippen MR) is 292 cm³/mol. The van der Waals surface area contributed by atoms with Gasteiger partial charge in [-0.15, -0.1) is 0 Å². The standard InChI is InChI=1S/C69H58O4/c1-3-66(70,55-28-12-7-23-50(55)45-21-5-4-6-22-45)62-43-49(68(72)61-34-18-17-33-60(61)65(2)42-20-19-35-64(65)68)41-38-46(62)36-37-47-39-40-48(67(71)56-29-13-8-24-51(56)52-25-9-14-30-57(52)67)44-63(47)69(73)58-31-15-10-26-53(58)54-27-11-16-32-59(54)69/h4-21,23-35,38-45,64,70-73H,3,22,36-37H2,1-2H3. The first-order valence-electron chi connectivity index (χ1n) is 26.0. The Morgan fingerprint density at radius 3 is 1.62 bits per heavy atom. The normalized spacial score (nSPS) is 22.7. The van der Waals surface area contributed by atoms with E-state index < -0.39 is 27.8 Å². The van der Waals surface area contributed by atoms with Crippen LogP contribution < -0.4 is 0 Å². The topological polar surface area (TPSA) is 80.9 Å². The smallest absolute Gasteiger partial charge is 0.142 e. The van der Waals surface area contributed by atoms with E-state index in [1.807, 2.05) is 97.1 Å². The maximum atomic E-state index is 13.8. The Kier molecular flexibility index (Phi) is 10.5. The first kappa shape index (κ1) is 45.4. The molecule has 0 amide bonds. The van der Waals surface area contributed by atoms with E-state index in [4.69, 9.17) is 0 Å². The summed E-state index contributed by atoms with van der Waals surface area (Å²) in [6.07, 6.45) is 19.3. The minimum Gasteiger partial charge on any atom is -0.380 e. The van der Waals surface area contributed by atoms with E-state index in [0.29, 0.717) is 30.4 Å². The van der Waals surface area contributed by atoms with Gasteiger partial charge in [-0.2, -0.15) is 0 Å². The van der Waals surface area contributed by atoms with Crippen LogP contribution in [-0.4, -0.2) is 20.4 Å². The molecule has 5 atom stereocenters. The molecule has 0 heterocycles. The minimum absolute atomic E-state index is 0.0873. The summed E-state index contributed by atoms with van der Waals surface area (Å²) in [6.45, 7) is 4.27. The predicted octanol–water partition coefficient (Wildman–Crippen LogP) is 13.5. The molecule has 8 aromatic carbocycles. The fraction of sp³-hybridized carbons (Fsp3) is 0.188. The second-order valence-corrected chi connectivity index (χ2v) is 21.1. The van der Waals surface area contributed by atoms with Crippen LogP contribution in [0.1, 0.15) is 110 Å². The lowest BCUT2D eigenvalue weighted by Gasteiger charge is -2.39. The van der Waals surface area contributed by atoms with E-state index in [-0.39, 0.29) is 11.8 Å². The quantitative estimate of drug-likeness (QED) is 0.110. The molecular formula is C69H58O4.